The predicted molar refractivity (Wildman–Crippen MR) is 127 cm³/mol. The third-order valence-corrected chi connectivity index (χ3v) is 6.83. The number of carboxylic acids is 1. The van der Waals surface area contributed by atoms with Gasteiger partial charge in [0.2, 0.25) is 0 Å². The average Bonchev–Trinajstić information content (AvgIpc) is 3.18. The Kier molecular flexibility index (Phi) is 7.64. The number of aliphatic hydroxyl groups is 1. The molecule has 2 N–H and O–H groups in total. The Balaban J connectivity index is 1.27. The van der Waals surface area contributed by atoms with Crippen LogP contribution >= 0.6 is 0 Å². The van der Waals surface area contributed by atoms with Crippen molar-refractivity contribution < 1.29 is 19.4 Å². The van der Waals surface area contributed by atoms with E-state index in [9.17, 15) is 15.0 Å². The Bertz CT molecular complexity index is 1020. The molecule has 1 heterocycles. The number of rotatable bonds is 11. The summed E-state index contributed by atoms with van der Waals surface area (Å²) in [5, 5.41) is 21.6. The van der Waals surface area contributed by atoms with Gasteiger partial charge >= 0.3 is 5.97 Å². The number of aryl methyl sites for hydroxylation is 3. The van der Waals surface area contributed by atoms with Crippen LogP contribution in [0.4, 0.5) is 0 Å². The Morgan fingerprint density at radius 2 is 1.75 bits per heavy atom. The van der Waals surface area contributed by atoms with Gasteiger partial charge < -0.3 is 14.6 Å². The van der Waals surface area contributed by atoms with Crippen LogP contribution in [0, 0.1) is 5.92 Å². The molecular formula is C28H34O4. The van der Waals surface area contributed by atoms with E-state index in [1.165, 1.54) is 17.5 Å². The zero-order valence-electron chi connectivity index (χ0n) is 18.8. The second-order valence-electron chi connectivity index (χ2n) is 9.19. The number of furan rings is 1. The Hall–Kier alpha value is -2.59. The number of benzene rings is 2. The van der Waals surface area contributed by atoms with Gasteiger partial charge in [-0.05, 0) is 62.1 Å². The van der Waals surface area contributed by atoms with Crippen molar-refractivity contribution in [3.63, 3.8) is 0 Å². The molecule has 0 spiro atoms. The minimum atomic E-state index is -0.817. The Morgan fingerprint density at radius 1 is 0.969 bits per heavy atom. The number of hydrogen-bond donors (Lipinski definition) is 2. The van der Waals surface area contributed by atoms with Gasteiger partial charge in [0.05, 0.1) is 12.0 Å². The van der Waals surface area contributed by atoms with Gasteiger partial charge in [0.25, 0.3) is 0 Å². The van der Waals surface area contributed by atoms with Gasteiger partial charge in [-0.3, -0.25) is 4.79 Å². The number of carbonyl (C=O) groups is 1. The van der Waals surface area contributed by atoms with E-state index in [1.54, 1.807) is 0 Å². The first kappa shape index (κ1) is 22.6. The van der Waals surface area contributed by atoms with Gasteiger partial charge in [0.15, 0.2) is 0 Å². The zero-order valence-corrected chi connectivity index (χ0v) is 18.8. The van der Waals surface area contributed by atoms with Crippen LogP contribution in [-0.4, -0.2) is 16.2 Å². The topological polar surface area (TPSA) is 70.7 Å². The lowest BCUT2D eigenvalue weighted by molar-refractivity contribution is -0.143. The minimum Gasteiger partial charge on any atom is -0.481 e. The van der Waals surface area contributed by atoms with E-state index in [1.807, 2.05) is 24.3 Å². The molecule has 1 aliphatic carbocycles. The summed E-state index contributed by atoms with van der Waals surface area (Å²) in [6.07, 6.45) is 9.64. The molecule has 32 heavy (non-hydrogen) atoms. The molecule has 0 saturated carbocycles. The van der Waals surface area contributed by atoms with Gasteiger partial charge in [-0.2, -0.15) is 0 Å². The normalized spacial score (nSPS) is 15.4. The highest BCUT2D eigenvalue weighted by atomic mass is 16.4. The molecular weight excluding hydrogens is 400 g/mol. The highest BCUT2D eigenvalue weighted by Gasteiger charge is 2.23. The molecule has 2 aromatic carbocycles. The van der Waals surface area contributed by atoms with Crippen molar-refractivity contribution in [3.8, 4) is 0 Å². The highest BCUT2D eigenvalue weighted by molar-refractivity contribution is 5.83. The smallest absolute Gasteiger partial charge is 0.306 e. The average molecular weight is 435 g/mol. The monoisotopic (exact) mass is 434 g/mol. The van der Waals surface area contributed by atoms with Crippen molar-refractivity contribution in [3.05, 3.63) is 71.0 Å². The third-order valence-electron chi connectivity index (χ3n) is 6.83. The lowest BCUT2D eigenvalue weighted by Gasteiger charge is -2.17. The summed E-state index contributed by atoms with van der Waals surface area (Å²) in [5.74, 6) is -0.268. The quantitative estimate of drug-likeness (QED) is 0.332. The molecule has 3 aromatic rings. The van der Waals surface area contributed by atoms with E-state index in [-0.39, 0.29) is 6.42 Å². The van der Waals surface area contributed by atoms with E-state index in [0.717, 1.165) is 73.7 Å². The molecule has 0 bridgehead atoms. The summed E-state index contributed by atoms with van der Waals surface area (Å²) in [6.45, 7) is 0. The van der Waals surface area contributed by atoms with Crippen molar-refractivity contribution >= 4 is 16.9 Å². The molecule has 1 aliphatic rings. The number of hydrogen-bond acceptors (Lipinski definition) is 3. The second-order valence-corrected chi connectivity index (χ2v) is 9.19. The summed E-state index contributed by atoms with van der Waals surface area (Å²) in [5.41, 5.74) is 4.23. The molecule has 0 fully saturated rings. The summed E-state index contributed by atoms with van der Waals surface area (Å²) in [4.78, 5) is 11.8. The number of aliphatic hydroxyl groups excluding tert-OH is 1. The van der Waals surface area contributed by atoms with E-state index < -0.39 is 18.0 Å². The van der Waals surface area contributed by atoms with Gasteiger partial charge in [0, 0.05) is 17.4 Å². The van der Waals surface area contributed by atoms with Crippen LogP contribution in [0.5, 0.6) is 0 Å². The van der Waals surface area contributed by atoms with Gasteiger partial charge in [-0.15, -0.1) is 0 Å². The van der Waals surface area contributed by atoms with E-state index >= 15 is 0 Å². The summed E-state index contributed by atoms with van der Waals surface area (Å²) in [7, 11) is 0. The first-order valence-electron chi connectivity index (χ1n) is 12.1. The maximum Gasteiger partial charge on any atom is 0.306 e. The fraction of sp³-hybridized carbons (Fsp3) is 0.464. The van der Waals surface area contributed by atoms with Crippen LogP contribution in [0.3, 0.4) is 0 Å². The molecule has 170 valence electrons. The molecule has 2 atom stereocenters. The third kappa shape index (κ3) is 5.60. The minimum absolute atomic E-state index is 0.241. The number of carboxylic acid groups (broad SMARTS) is 1. The van der Waals surface area contributed by atoms with Crippen LogP contribution in [-0.2, 0) is 24.1 Å². The van der Waals surface area contributed by atoms with Crippen molar-refractivity contribution in [2.75, 3.05) is 0 Å². The molecule has 2 unspecified atom stereocenters. The zero-order chi connectivity index (χ0) is 22.3. The number of aliphatic carboxylic acids is 1. The Labute approximate surface area is 190 Å². The maximum atomic E-state index is 11.8. The first-order chi connectivity index (χ1) is 15.6. The molecule has 4 rings (SSSR count). The summed E-state index contributed by atoms with van der Waals surface area (Å²) >= 11 is 0. The van der Waals surface area contributed by atoms with Crippen LogP contribution in [0.2, 0.25) is 0 Å². The van der Waals surface area contributed by atoms with Crippen molar-refractivity contribution in [1.29, 1.82) is 0 Å². The van der Waals surface area contributed by atoms with E-state index in [4.69, 9.17) is 4.42 Å². The van der Waals surface area contributed by atoms with E-state index in [0.29, 0.717) is 6.42 Å². The van der Waals surface area contributed by atoms with Crippen molar-refractivity contribution in [1.82, 2.24) is 0 Å². The highest BCUT2D eigenvalue weighted by Crippen LogP contribution is 2.34. The van der Waals surface area contributed by atoms with Crippen molar-refractivity contribution in [2.24, 2.45) is 5.92 Å². The molecule has 4 heteroatoms. The lowest BCUT2D eigenvalue weighted by Crippen LogP contribution is -2.17. The van der Waals surface area contributed by atoms with Crippen LogP contribution < -0.4 is 0 Å². The maximum absolute atomic E-state index is 11.8. The summed E-state index contributed by atoms with van der Waals surface area (Å²) < 4.78 is 6.04. The first-order valence-corrected chi connectivity index (χ1v) is 12.1. The standard InChI is InChI=1S/C28H34O4/c29-25(21-16-17-24-23-14-8-9-15-26(23)32-27(24)19-21)18-22(28(30)31)13-7-2-1-4-10-20-11-5-3-6-12-20/h3,5-6,11-12,16-17,19,22,25,29H,1-2,4,7-10,13-15,18H2,(H,30,31). The Morgan fingerprint density at radius 3 is 2.56 bits per heavy atom. The predicted octanol–water partition coefficient (Wildman–Crippen LogP) is 6.63. The van der Waals surface area contributed by atoms with Gasteiger partial charge in [-0.25, -0.2) is 0 Å². The van der Waals surface area contributed by atoms with Crippen LogP contribution in [0.25, 0.3) is 11.0 Å². The molecule has 1 aromatic heterocycles. The van der Waals surface area contributed by atoms with E-state index in [2.05, 4.69) is 24.3 Å². The molecule has 0 aliphatic heterocycles. The van der Waals surface area contributed by atoms with Gasteiger partial charge in [-0.1, -0.05) is 61.7 Å². The molecule has 0 amide bonds. The fourth-order valence-electron chi connectivity index (χ4n) is 4.95. The molecule has 4 nitrogen and oxygen atoms in total. The van der Waals surface area contributed by atoms with Crippen LogP contribution in [0.1, 0.15) is 79.9 Å². The SMILES string of the molecule is O=C(O)C(CCCCCCc1ccccc1)CC(O)c1ccc2c3c(oc2c1)CCCC3. The lowest BCUT2D eigenvalue weighted by atomic mass is 9.91. The van der Waals surface area contributed by atoms with Gasteiger partial charge in [0.1, 0.15) is 11.3 Å². The molecule has 0 radical (unpaired) electrons. The summed E-state index contributed by atoms with van der Waals surface area (Å²) in [6, 6.07) is 16.3. The van der Waals surface area contributed by atoms with Crippen LogP contribution in [0.15, 0.2) is 52.9 Å². The largest absolute Gasteiger partial charge is 0.481 e. The van der Waals surface area contributed by atoms with Crippen molar-refractivity contribution in [2.45, 2.75) is 76.7 Å². The number of unbranched alkanes of at least 4 members (excludes halogenated alkanes) is 3. The second kappa shape index (κ2) is 10.8. The number of fused-ring (bicyclic) bond motifs is 3. The molecule has 0 saturated heterocycles. The fourth-order valence-corrected chi connectivity index (χ4v) is 4.95.